The highest BCUT2D eigenvalue weighted by Gasteiger charge is 2.20. The van der Waals surface area contributed by atoms with Gasteiger partial charge in [0.2, 0.25) is 0 Å². The Bertz CT molecular complexity index is 119. The SMILES string of the molecule is CC(O)CC(C)OCCC1CC1. The van der Waals surface area contributed by atoms with Gasteiger partial charge >= 0.3 is 0 Å². The molecule has 1 saturated carbocycles. The van der Waals surface area contributed by atoms with Crippen molar-refractivity contribution in [2.24, 2.45) is 5.92 Å². The number of rotatable bonds is 6. The first kappa shape index (κ1) is 10.0. The van der Waals surface area contributed by atoms with Gasteiger partial charge in [-0.15, -0.1) is 0 Å². The van der Waals surface area contributed by atoms with Crippen LogP contribution in [0.5, 0.6) is 0 Å². The summed E-state index contributed by atoms with van der Waals surface area (Å²) in [6, 6.07) is 0. The van der Waals surface area contributed by atoms with E-state index in [1.165, 1.54) is 19.3 Å². The Labute approximate surface area is 74.9 Å². The van der Waals surface area contributed by atoms with Gasteiger partial charge in [-0.25, -0.2) is 0 Å². The third-order valence-electron chi connectivity index (χ3n) is 2.30. The molecule has 1 aliphatic rings. The van der Waals surface area contributed by atoms with Crippen molar-refractivity contribution in [3.05, 3.63) is 0 Å². The molecule has 72 valence electrons. The molecule has 1 aliphatic carbocycles. The highest BCUT2D eigenvalue weighted by molar-refractivity contribution is 4.72. The second kappa shape index (κ2) is 4.83. The molecule has 1 N–H and O–H groups in total. The molecule has 0 heterocycles. The summed E-state index contributed by atoms with van der Waals surface area (Å²) in [6.45, 7) is 4.71. The molecule has 2 unspecified atom stereocenters. The Hall–Kier alpha value is -0.0800. The van der Waals surface area contributed by atoms with Crippen molar-refractivity contribution in [2.75, 3.05) is 6.61 Å². The normalized spacial score (nSPS) is 22.2. The molecular formula is C10H20O2. The molecule has 0 bridgehead atoms. The van der Waals surface area contributed by atoms with Gasteiger partial charge in [0.15, 0.2) is 0 Å². The average molecular weight is 172 g/mol. The minimum absolute atomic E-state index is 0.212. The van der Waals surface area contributed by atoms with Gasteiger partial charge in [0.05, 0.1) is 12.2 Å². The van der Waals surface area contributed by atoms with E-state index in [0.717, 1.165) is 18.9 Å². The first-order valence-electron chi connectivity index (χ1n) is 4.98. The van der Waals surface area contributed by atoms with Crippen LogP contribution in [0.3, 0.4) is 0 Å². The molecule has 1 fully saturated rings. The van der Waals surface area contributed by atoms with Crippen LogP contribution in [0.4, 0.5) is 0 Å². The van der Waals surface area contributed by atoms with Gasteiger partial charge < -0.3 is 9.84 Å². The summed E-state index contributed by atoms with van der Waals surface area (Å²) < 4.78 is 5.54. The van der Waals surface area contributed by atoms with Crippen molar-refractivity contribution in [1.82, 2.24) is 0 Å². The Morgan fingerprint density at radius 1 is 1.42 bits per heavy atom. The molecule has 2 atom stereocenters. The predicted molar refractivity (Wildman–Crippen MR) is 49.1 cm³/mol. The van der Waals surface area contributed by atoms with Crippen molar-refractivity contribution in [3.63, 3.8) is 0 Å². The molecule has 0 spiro atoms. The van der Waals surface area contributed by atoms with E-state index in [2.05, 4.69) is 0 Å². The fourth-order valence-electron chi connectivity index (χ4n) is 1.39. The van der Waals surface area contributed by atoms with E-state index in [1.807, 2.05) is 6.92 Å². The summed E-state index contributed by atoms with van der Waals surface area (Å²) in [6.07, 6.45) is 4.74. The minimum Gasteiger partial charge on any atom is -0.393 e. The topological polar surface area (TPSA) is 29.5 Å². The zero-order valence-corrected chi connectivity index (χ0v) is 8.12. The van der Waals surface area contributed by atoms with E-state index in [9.17, 15) is 0 Å². The van der Waals surface area contributed by atoms with E-state index >= 15 is 0 Å². The highest BCUT2D eigenvalue weighted by atomic mass is 16.5. The molecular weight excluding hydrogens is 152 g/mol. The second-order valence-electron chi connectivity index (χ2n) is 4.00. The third-order valence-corrected chi connectivity index (χ3v) is 2.30. The smallest absolute Gasteiger partial charge is 0.0571 e. The van der Waals surface area contributed by atoms with E-state index in [0.29, 0.717) is 0 Å². The summed E-state index contributed by atoms with van der Waals surface area (Å²) >= 11 is 0. The fourth-order valence-corrected chi connectivity index (χ4v) is 1.39. The van der Waals surface area contributed by atoms with Crippen LogP contribution in [0.25, 0.3) is 0 Å². The molecule has 0 aliphatic heterocycles. The standard InChI is InChI=1S/C10H20O2/c1-8(11)7-9(2)12-6-5-10-3-4-10/h8-11H,3-7H2,1-2H3. The summed E-state index contributed by atoms with van der Waals surface area (Å²) in [5, 5.41) is 9.06. The molecule has 2 nitrogen and oxygen atoms in total. The number of hydrogen-bond acceptors (Lipinski definition) is 2. The first-order valence-corrected chi connectivity index (χ1v) is 4.98. The molecule has 0 amide bonds. The van der Waals surface area contributed by atoms with Gasteiger partial charge in [-0.05, 0) is 32.6 Å². The summed E-state index contributed by atoms with van der Waals surface area (Å²) in [4.78, 5) is 0. The number of ether oxygens (including phenoxy) is 1. The van der Waals surface area contributed by atoms with Crippen molar-refractivity contribution in [1.29, 1.82) is 0 Å². The van der Waals surface area contributed by atoms with Crippen LogP contribution < -0.4 is 0 Å². The molecule has 0 aromatic rings. The molecule has 2 heteroatoms. The Balaban J connectivity index is 1.89. The van der Waals surface area contributed by atoms with Crippen LogP contribution in [0, 0.1) is 5.92 Å². The molecule has 12 heavy (non-hydrogen) atoms. The van der Waals surface area contributed by atoms with E-state index in [-0.39, 0.29) is 12.2 Å². The molecule has 0 radical (unpaired) electrons. The maximum Gasteiger partial charge on any atom is 0.0571 e. The Kier molecular flexibility index (Phi) is 4.02. The van der Waals surface area contributed by atoms with E-state index in [1.54, 1.807) is 6.92 Å². The third kappa shape index (κ3) is 4.73. The minimum atomic E-state index is -0.235. The van der Waals surface area contributed by atoms with Crippen molar-refractivity contribution in [2.45, 2.75) is 51.7 Å². The predicted octanol–water partition coefficient (Wildman–Crippen LogP) is 1.96. The quantitative estimate of drug-likeness (QED) is 0.663. The largest absolute Gasteiger partial charge is 0.393 e. The van der Waals surface area contributed by atoms with Crippen molar-refractivity contribution < 1.29 is 9.84 Å². The van der Waals surface area contributed by atoms with Crippen LogP contribution in [0.2, 0.25) is 0 Å². The molecule has 1 rings (SSSR count). The zero-order chi connectivity index (χ0) is 8.97. The van der Waals surface area contributed by atoms with Crippen LogP contribution in [-0.4, -0.2) is 23.9 Å². The van der Waals surface area contributed by atoms with Gasteiger partial charge in [-0.1, -0.05) is 12.8 Å². The van der Waals surface area contributed by atoms with E-state index in [4.69, 9.17) is 9.84 Å². The number of hydrogen-bond donors (Lipinski definition) is 1. The lowest BCUT2D eigenvalue weighted by Gasteiger charge is -2.14. The van der Waals surface area contributed by atoms with E-state index < -0.39 is 0 Å². The van der Waals surface area contributed by atoms with Crippen LogP contribution in [0.15, 0.2) is 0 Å². The maximum absolute atomic E-state index is 9.06. The van der Waals surface area contributed by atoms with Gasteiger partial charge in [0, 0.05) is 6.61 Å². The Morgan fingerprint density at radius 3 is 2.58 bits per heavy atom. The van der Waals surface area contributed by atoms with Gasteiger partial charge in [0.1, 0.15) is 0 Å². The lowest BCUT2D eigenvalue weighted by atomic mass is 10.2. The second-order valence-corrected chi connectivity index (χ2v) is 4.00. The lowest BCUT2D eigenvalue weighted by molar-refractivity contribution is 0.0264. The average Bonchev–Trinajstić information content (AvgIpc) is 2.69. The Morgan fingerprint density at radius 2 is 2.08 bits per heavy atom. The fraction of sp³-hybridized carbons (Fsp3) is 1.00. The number of aliphatic hydroxyl groups excluding tert-OH is 1. The van der Waals surface area contributed by atoms with Gasteiger partial charge in [-0.3, -0.25) is 0 Å². The summed E-state index contributed by atoms with van der Waals surface area (Å²) in [5.74, 6) is 0.948. The summed E-state index contributed by atoms with van der Waals surface area (Å²) in [7, 11) is 0. The van der Waals surface area contributed by atoms with Crippen LogP contribution in [0.1, 0.15) is 39.5 Å². The summed E-state index contributed by atoms with van der Waals surface area (Å²) in [5.41, 5.74) is 0. The monoisotopic (exact) mass is 172 g/mol. The molecule has 0 saturated heterocycles. The van der Waals surface area contributed by atoms with Crippen LogP contribution >= 0.6 is 0 Å². The van der Waals surface area contributed by atoms with Crippen molar-refractivity contribution in [3.8, 4) is 0 Å². The zero-order valence-electron chi connectivity index (χ0n) is 8.12. The van der Waals surface area contributed by atoms with Crippen molar-refractivity contribution >= 4 is 0 Å². The lowest BCUT2D eigenvalue weighted by Crippen LogP contribution is -2.16. The van der Waals surface area contributed by atoms with Crippen LogP contribution in [-0.2, 0) is 4.74 Å². The highest BCUT2D eigenvalue weighted by Crippen LogP contribution is 2.32. The van der Waals surface area contributed by atoms with Gasteiger partial charge in [0.25, 0.3) is 0 Å². The molecule has 0 aromatic heterocycles. The van der Waals surface area contributed by atoms with Gasteiger partial charge in [-0.2, -0.15) is 0 Å². The first-order chi connectivity index (χ1) is 5.68. The molecule has 0 aromatic carbocycles. The maximum atomic E-state index is 9.06. The number of aliphatic hydroxyl groups is 1.